The van der Waals surface area contributed by atoms with Crippen molar-refractivity contribution in [3.63, 3.8) is 0 Å². The van der Waals surface area contributed by atoms with E-state index in [4.69, 9.17) is 5.90 Å². The molecule has 0 radical (unpaired) electrons. The molecule has 0 saturated heterocycles. The largest absolute Gasteiger partial charge is 0.416 e. The number of hydrogen-bond donors (Lipinski definition) is 1. The van der Waals surface area contributed by atoms with Crippen LogP contribution in [-0.4, -0.2) is 0 Å². The first-order valence-corrected chi connectivity index (χ1v) is 3.83. The maximum Gasteiger partial charge on any atom is 0.121 e. The van der Waals surface area contributed by atoms with Gasteiger partial charge in [-0.1, -0.05) is 19.9 Å². The Bertz CT molecular complexity index is 168. The number of allylic oxidation sites excluding steroid dienone is 4. The van der Waals surface area contributed by atoms with Crippen molar-refractivity contribution in [1.82, 2.24) is 0 Å². The first-order chi connectivity index (χ1) is 5.11. The summed E-state index contributed by atoms with van der Waals surface area (Å²) in [6.07, 6.45) is 4.01. The maximum absolute atomic E-state index is 4.98. The summed E-state index contributed by atoms with van der Waals surface area (Å²) in [5.41, 5.74) is 1.24. The van der Waals surface area contributed by atoms with Crippen LogP contribution in [-0.2, 0) is 4.84 Å². The molecule has 0 aromatic heterocycles. The highest BCUT2D eigenvalue weighted by molar-refractivity contribution is 5.21. The van der Waals surface area contributed by atoms with Crippen molar-refractivity contribution < 1.29 is 4.84 Å². The summed E-state index contributed by atoms with van der Waals surface area (Å²) < 4.78 is 0. The van der Waals surface area contributed by atoms with Crippen LogP contribution in [0.5, 0.6) is 0 Å². The van der Waals surface area contributed by atoms with E-state index in [1.807, 2.05) is 19.9 Å². The average molecular weight is 155 g/mol. The Morgan fingerprint density at radius 2 is 2.00 bits per heavy atom. The Morgan fingerprint density at radius 3 is 2.27 bits per heavy atom. The molecule has 11 heavy (non-hydrogen) atoms. The van der Waals surface area contributed by atoms with Gasteiger partial charge in [-0.05, 0) is 31.4 Å². The van der Waals surface area contributed by atoms with Gasteiger partial charge in [0.25, 0.3) is 0 Å². The summed E-state index contributed by atoms with van der Waals surface area (Å²) in [5, 5.41) is 0. The minimum absolute atomic E-state index is 0.519. The molecule has 0 bridgehead atoms. The second-order valence-electron chi connectivity index (χ2n) is 2.82. The van der Waals surface area contributed by atoms with Crippen LogP contribution in [0, 0.1) is 5.92 Å². The summed E-state index contributed by atoms with van der Waals surface area (Å²) in [6, 6.07) is 0. The third kappa shape index (κ3) is 3.83. The van der Waals surface area contributed by atoms with Crippen molar-refractivity contribution in [2.75, 3.05) is 0 Å². The monoisotopic (exact) mass is 155 g/mol. The fraction of sp³-hybridized carbons (Fsp3) is 0.556. The molecule has 0 aliphatic heterocycles. The van der Waals surface area contributed by atoms with Crippen LogP contribution < -0.4 is 5.90 Å². The van der Waals surface area contributed by atoms with E-state index in [1.54, 1.807) is 0 Å². The molecular formula is C9H17NO. The minimum atomic E-state index is 0.519. The van der Waals surface area contributed by atoms with Crippen LogP contribution in [0.1, 0.15) is 27.7 Å². The molecule has 0 rings (SSSR count). The molecule has 2 heteroatoms. The normalized spacial score (nSPS) is 14.0. The highest BCUT2D eigenvalue weighted by atomic mass is 16.6. The molecule has 64 valence electrons. The van der Waals surface area contributed by atoms with Crippen molar-refractivity contribution in [3.05, 3.63) is 23.5 Å². The van der Waals surface area contributed by atoms with E-state index >= 15 is 0 Å². The zero-order chi connectivity index (χ0) is 8.85. The molecule has 0 aromatic rings. The first kappa shape index (κ1) is 10.2. The molecule has 2 nitrogen and oxygen atoms in total. The Balaban J connectivity index is 4.32. The van der Waals surface area contributed by atoms with E-state index in [-0.39, 0.29) is 0 Å². The van der Waals surface area contributed by atoms with Gasteiger partial charge in [0.05, 0.1) is 0 Å². The van der Waals surface area contributed by atoms with Crippen LogP contribution in [0.3, 0.4) is 0 Å². The van der Waals surface area contributed by atoms with Gasteiger partial charge < -0.3 is 4.84 Å². The Labute approximate surface area is 68.7 Å². The number of hydrogen-bond acceptors (Lipinski definition) is 2. The van der Waals surface area contributed by atoms with E-state index in [0.29, 0.717) is 5.92 Å². The van der Waals surface area contributed by atoms with E-state index in [9.17, 15) is 0 Å². The maximum atomic E-state index is 4.98. The average Bonchev–Trinajstić information content (AvgIpc) is 1.99. The zero-order valence-electron chi connectivity index (χ0n) is 7.72. The van der Waals surface area contributed by atoms with Crippen LogP contribution in [0.15, 0.2) is 23.5 Å². The van der Waals surface area contributed by atoms with Crippen molar-refractivity contribution >= 4 is 0 Å². The van der Waals surface area contributed by atoms with Gasteiger partial charge in [0, 0.05) is 0 Å². The molecule has 0 amide bonds. The molecular weight excluding hydrogens is 138 g/mol. The summed E-state index contributed by atoms with van der Waals surface area (Å²) in [4.78, 5) is 4.55. The molecule has 0 saturated carbocycles. The van der Waals surface area contributed by atoms with Gasteiger partial charge in [-0.2, -0.15) is 5.90 Å². The van der Waals surface area contributed by atoms with Gasteiger partial charge >= 0.3 is 0 Å². The highest BCUT2D eigenvalue weighted by Crippen LogP contribution is 2.12. The van der Waals surface area contributed by atoms with Gasteiger partial charge in [0.2, 0.25) is 0 Å². The fourth-order valence-corrected chi connectivity index (χ4v) is 0.852. The van der Waals surface area contributed by atoms with Gasteiger partial charge in [0.1, 0.15) is 5.76 Å². The van der Waals surface area contributed by atoms with Crippen LogP contribution in [0.2, 0.25) is 0 Å². The lowest BCUT2D eigenvalue weighted by atomic mass is 10.0. The van der Waals surface area contributed by atoms with Crippen molar-refractivity contribution in [3.8, 4) is 0 Å². The molecule has 2 N–H and O–H groups in total. The SMILES string of the molecule is C/C=C(\C=C(\C)ON)C(C)C. The molecule has 0 aliphatic rings. The van der Waals surface area contributed by atoms with E-state index in [0.717, 1.165) is 5.76 Å². The molecule has 0 fully saturated rings. The van der Waals surface area contributed by atoms with Gasteiger partial charge in [-0.3, -0.25) is 0 Å². The van der Waals surface area contributed by atoms with Gasteiger partial charge in [-0.15, -0.1) is 0 Å². The fourth-order valence-electron chi connectivity index (χ4n) is 0.852. The summed E-state index contributed by atoms with van der Waals surface area (Å²) in [6.45, 7) is 8.12. The summed E-state index contributed by atoms with van der Waals surface area (Å²) in [5.74, 6) is 6.24. The Morgan fingerprint density at radius 1 is 1.45 bits per heavy atom. The van der Waals surface area contributed by atoms with Gasteiger partial charge in [0.15, 0.2) is 0 Å². The molecule has 0 aromatic carbocycles. The van der Waals surface area contributed by atoms with E-state index < -0.39 is 0 Å². The lowest BCUT2D eigenvalue weighted by Crippen LogP contribution is -1.98. The van der Waals surface area contributed by atoms with Crippen molar-refractivity contribution in [2.45, 2.75) is 27.7 Å². The number of rotatable bonds is 3. The van der Waals surface area contributed by atoms with Crippen molar-refractivity contribution in [1.29, 1.82) is 0 Å². The highest BCUT2D eigenvalue weighted by Gasteiger charge is 1.98. The first-order valence-electron chi connectivity index (χ1n) is 3.83. The van der Waals surface area contributed by atoms with Crippen LogP contribution in [0.25, 0.3) is 0 Å². The summed E-state index contributed by atoms with van der Waals surface area (Å²) in [7, 11) is 0. The molecule has 0 heterocycles. The van der Waals surface area contributed by atoms with E-state index in [1.165, 1.54) is 5.57 Å². The zero-order valence-corrected chi connectivity index (χ0v) is 7.72. The Hall–Kier alpha value is -0.760. The van der Waals surface area contributed by atoms with Gasteiger partial charge in [-0.25, -0.2) is 0 Å². The summed E-state index contributed by atoms with van der Waals surface area (Å²) >= 11 is 0. The third-order valence-electron chi connectivity index (χ3n) is 1.56. The smallest absolute Gasteiger partial charge is 0.121 e. The molecule has 0 atom stereocenters. The topological polar surface area (TPSA) is 35.2 Å². The second kappa shape index (κ2) is 4.97. The lowest BCUT2D eigenvalue weighted by molar-refractivity contribution is 0.222. The van der Waals surface area contributed by atoms with Crippen molar-refractivity contribution in [2.24, 2.45) is 11.8 Å². The van der Waals surface area contributed by atoms with E-state index in [2.05, 4.69) is 24.8 Å². The molecule has 0 spiro atoms. The standard InChI is InChI=1S/C9H17NO/c1-5-9(7(2)3)6-8(4)11-10/h5-7H,10H2,1-4H3/b8-6-,9-5+. The molecule has 0 unspecified atom stereocenters. The van der Waals surface area contributed by atoms with Crippen LogP contribution >= 0.6 is 0 Å². The molecule has 0 aliphatic carbocycles. The third-order valence-corrected chi connectivity index (χ3v) is 1.56. The van der Waals surface area contributed by atoms with Crippen LogP contribution in [0.4, 0.5) is 0 Å². The minimum Gasteiger partial charge on any atom is -0.416 e. The Kier molecular flexibility index (Phi) is 4.62. The predicted molar refractivity (Wildman–Crippen MR) is 47.6 cm³/mol. The lowest BCUT2D eigenvalue weighted by Gasteiger charge is -2.06. The predicted octanol–water partition coefficient (Wildman–Crippen LogP) is 2.38. The number of nitrogens with two attached hydrogens (primary N) is 1. The quantitative estimate of drug-likeness (QED) is 0.386. The second-order valence-corrected chi connectivity index (χ2v) is 2.82.